The lowest BCUT2D eigenvalue weighted by atomic mass is 9.86. The number of halogens is 1. The molecule has 0 fully saturated rings. The van der Waals surface area contributed by atoms with E-state index in [0.29, 0.717) is 16.5 Å². The monoisotopic (exact) mass is 573 g/mol. The van der Waals surface area contributed by atoms with E-state index in [0.717, 1.165) is 46.7 Å². The summed E-state index contributed by atoms with van der Waals surface area (Å²) >= 11 is 6.26. The van der Waals surface area contributed by atoms with Gasteiger partial charge in [-0.05, 0) is 91.7 Å². The van der Waals surface area contributed by atoms with Crippen LogP contribution in [0.3, 0.4) is 0 Å². The molecule has 0 aromatic heterocycles. The van der Waals surface area contributed by atoms with Gasteiger partial charge in [0.1, 0.15) is 0 Å². The average Bonchev–Trinajstić information content (AvgIpc) is 2.99. The van der Waals surface area contributed by atoms with E-state index in [1.54, 1.807) is 13.3 Å². The highest BCUT2D eigenvalue weighted by atomic mass is 35.5. The van der Waals surface area contributed by atoms with Crippen molar-refractivity contribution >= 4 is 28.9 Å². The molecular formula is C34H40ClN3O3. The molecule has 1 unspecified atom stereocenters. The van der Waals surface area contributed by atoms with Gasteiger partial charge in [-0.1, -0.05) is 43.3 Å². The zero-order valence-corrected chi connectivity index (χ0v) is 25.6. The maximum Gasteiger partial charge on any atom is 0.232 e. The molecule has 41 heavy (non-hydrogen) atoms. The number of methoxy groups -OCH3 is 1. The van der Waals surface area contributed by atoms with Gasteiger partial charge in [-0.2, -0.15) is 0 Å². The van der Waals surface area contributed by atoms with Crippen molar-refractivity contribution in [3.05, 3.63) is 107 Å². The number of likely N-dealkylation sites (N-methyl/N-ethyl adjacent to an activating group) is 2. The van der Waals surface area contributed by atoms with Crippen molar-refractivity contribution in [3.63, 3.8) is 0 Å². The van der Waals surface area contributed by atoms with Gasteiger partial charge < -0.3 is 24.2 Å². The van der Waals surface area contributed by atoms with E-state index in [9.17, 15) is 4.79 Å². The number of anilines is 2. The van der Waals surface area contributed by atoms with Gasteiger partial charge in [-0.25, -0.2) is 0 Å². The second-order valence-electron chi connectivity index (χ2n) is 10.4. The number of rotatable bonds is 11. The molecule has 1 amide bonds. The van der Waals surface area contributed by atoms with Crippen molar-refractivity contribution in [1.82, 2.24) is 4.90 Å². The van der Waals surface area contributed by atoms with Crippen molar-refractivity contribution in [2.45, 2.75) is 45.8 Å². The number of hydrogen-bond donors (Lipinski definition) is 0. The number of amides is 1. The number of benzene rings is 3. The van der Waals surface area contributed by atoms with Gasteiger partial charge in [0.25, 0.3) is 0 Å². The Morgan fingerprint density at radius 1 is 1.12 bits per heavy atom. The molecular weight excluding hydrogens is 534 g/mol. The molecule has 7 heteroatoms. The zero-order chi connectivity index (χ0) is 29.7. The third kappa shape index (κ3) is 6.54. The number of nitrogens with zero attached hydrogens (tertiary/aromatic N) is 3. The summed E-state index contributed by atoms with van der Waals surface area (Å²) in [7, 11) is 5.68. The molecule has 0 saturated heterocycles. The largest absolute Gasteiger partial charge is 0.493 e. The summed E-state index contributed by atoms with van der Waals surface area (Å²) in [6.45, 7) is 10.8. The Balaban J connectivity index is 1.76. The zero-order valence-electron chi connectivity index (χ0n) is 24.9. The molecule has 4 rings (SSSR count). The van der Waals surface area contributed by atoms with E-state index < -0.39 is 0 Å². The second kappa shape index (κ2) is 13.2. The molecule has 1 aliphatic heterocycles. The van der Waals surface area contributed by atoms with E-state index in [2.05, 4.69) is 43.7 Å². The van der Waals surface area contributed by atoms with Crippen molar-refractivity contribution in [1.29, 1.82) is 0 Å². The van der Waals surface area contributed by atoms with E-state index in [1.165, 1.54) is 0 Å². The molecule has 216 valence electrons. The van der Waals surface area contributed by atoms with Crippen LogP contribution in [-0.4, -0.2) is 44.7 Å². The van der Waals surface area contributed by atoms with Crippen molar-refractivity contribution in [3.8, 4) is 11.5 Å². The topological polar surface area (TPSA) is 45.2 Å². The lowest BCUT2D eigenvalue weighted by Crippen LogP contribution is -2.41. The average molecular weight is 574 g/mol. The van der Waals surface area contributed by atoms with E-state index in [4.69, 9.17) is 21.1 Å². The van der Waals surface area contributed by atoms with Crippen LogP contribution in [0.15, 0.2) is 85.2 Å². The van der Waals surface area contributed by atoms with Crippen LogP contribution >= 0.6 is 11.6 Å². The lowest BCUT2D eigenvalue weighted by Gasteiger charge is -2.38. The molecule has 0 aliphatic carbocycles. The van der Waals surface area contributed by atoms with Crippen LogP contribution in [-0.2, 0) is 11.2 Å². The molecule has 0 radical (unpaired) electrons. The van der Waals surface area contributed by atoms with E-state index in [-0.39, 0.29) is 24.5 Å². The standard InChI is InChI=1S/C34H40ClN3O3/c1-8-23(4)41-32-21-30-25(19-31(32)40-7)20-33(39)38(34(30)24-11-13-26(35)14-12-24)29-17-15-28(16-18-29)37(6)22-27(9-2)36(5)10-3/h9-19,21,23,34H,3,8,20,22H2,1-2,4-7H3/b27-9-/t23-,34?/m1/s1. The summed E-state index contributed by atoms with van der Waals surface area (Å²) < 4.78 is 11.9. The Morgan fingerprint density at radius 3 is 2.39 bits per heavy atom. The number of fused-ring (bicyclic) bond motifs is 1. The Hall–Kier alpha value is -3.90. The molecule has 1 aliphatic rings. The predicted molar refractivity (Wildman–Crippen MR) is 169 cm³/mol. The summed E-state index contributed by atoms with van der Waals surface area (Å²) in [5.74, 6) is 1.32. The minimum absolute atomic E-state index is 0.0139. The predicted octanol–water partition coefficient (Wildman–Crippen LogP) is 7.62. The number of carbonyl (C=O) groups excluding carboxylic acids is 1. The smallest absolute Gasteiger partial charge is 0.232 e. The first kappa shape index (κ1) is 30.1. The maximum absolute atomic E-state index is 13.8. The maximum atomic E-state index is 13.8. The van der Waals surface area contributed by atoms with Crippen LogP contribution in [0.2, 0.25) is 5.02 Å². The van der Waals surface area contributed by atoms with Crippen LogP contribution in [0.1, 0.15) is 49.9 Å². The van der Waals surface area contributed by atoms with Gasteiger partial charge in [-0.3, -0.25) is 4.79 Å². The second-order valence-corrected chi connectivity index (χ2v) is 10.8. The lowest BCUT2D eigenvalue weighted by molar-refractivity contribution is -0.118. The summed E-state index contributed by atoms with van der Waals surface area (Å²) in [6, 6.07) is 19.5. The van der Waals surface area contributed by atoms with Crippen LogP contribution in [0.5, 0.6) is 11.5 Å². The molecule has 1 heterocycles. The third-order valence-corrected chi connectivity index (χ3v) is 7.96. The molecule has 3 aromatic rings. The first-order valence-corrected chi connectivity index (χ1v) is 14.3. The molecule has 2 atom stereocenters. The minimum atomic E-state index is -0.354. The van der Waals surface area contributed by atoms with Crippen LogP contribution in [0.25, 0.3) is 0 Å². The third-order valence-electron chi connectivity index (χ3n) is 7.71. The van der Waals surface area contributed by atoms with Gasteiger partial charge >= 0.3 is 0 Å². The highest BCUT2D eigenvalue weighted by molar-refractivity contribution is 6.30. The molecule has 6 nitrogen and oxygen atoms in total. The Kier molecular flexibility index (Phi) is 9.66. The fourth-order valence-electron chi connectivity index (χ4n) is 5.10. The first-order chi connectivity index (χ1) is 19.7. The summed E-state index contributed by atoms with van der Waals surface area (Å²) in [5.41, 5.74) is 5.93. The fourth-order valence-corrected chi connectivity index (χ4v) is 5.23. The Bertz CT molecular complexity index is 1400. The van der Waals surface area contributed by atoms with Crippen molar-refractivity contribution < 1.29 is 14.3 Å². The van der Waals surface area contributed by atoms with E-state index >= 15 is 0 Å². The Morgan fingerprint density at radius 2 is 1.80 bits per heavy atom. The van der Waals surface area contributed by atoms with Crippen LogP contribution in [0, 0.1) is 0 Å². The highest BCUT2D eigenvalue weighted by Crippen LogP contribution is 2.44. The molecule has 0 N–H and O–H groups in total. The summed E-state index contributed by atoms with van der Waals surface area (Å²) in [5, 5.41) is 0.646. The summed E-state index contributed by atoms with van der Waals surface area (Å²) in [6.07, 6.45) is 5.04. The number of hydrogen-bond acceptors (Lipinski definition) is 5. The van der Waals surface area contributed by atoms with Gasteiger partial charge in [0, 0.05) is 36.2 Å². The van der Waals surface area contributed by atoms with Crippen molar-refractivity contribution in [2.75, 3.05) is 37.5 Å². The quantitative estimate of drug-likeness (QED) is 0.236. The SMILES string of the molecule is C=CN(C)/C(=C\C)CN(C)c1ccc(N2C(=O)Cc3cc(OC)c(O[C@H](C)CC)cc3C2c2ccc(Cl)cc2)cc1. The summed E-state index contributed by atoms with van der Waals surface area (Å²) in [4.78, 5) is 19.9. The minimum Gasteiger partial charge on any atom is -0.493 e. The van der Waals surface area contributed by atoms with Crippen LogP contribution in [0.4, 0.5) is 11.4 Å². The number of carbonyl (C=O) groups is 1. The number of ether oxygens (including phenoxy) is 2. The molecule has 0 bridgehead atoms. The molecule has 0 saturated carbocycles. The number of allylic oxidation sites excluding steroid dienone is 1. The first-order valence-electron chi connectivity index (χ1n) is 14.0. The molecule has 0 spiro atoms. The van der Waals surface area contributed by atoms with E-state index in [1.807, 2.05) is 79.2 Å². The molecule has 3 aromatic carbocycles. The van der Waals surface area contributed by atoms with Crippen molar-refractivity contribution in [2.24, 2.45) is 0 Å². The van der Waals surface area contributed by atoms with Crippen LogP contribution < -0.4 is 19.3 Å². The highest BCUT2D eigenvalue weighted by Gasteiger charge is 2.36. The van der Waals surface area contributed by atoms with Gasteiger partial charge in [-0.15, -0.1) is 0 Å². The normalized spacial score (nSPS) is 15.7. The van der Waals surface area contributed by atoms with Gasteiger partial charge in [0.2, 0.25) is 5.91 Å². The fraction of sp³-hybridized carbons (Fsp3) is 0.324. The van der Waals surface area contributed by atoms with Gasteiger partial charge in [0.15, 0.2) is 11.5 Å². The van der Waals surface area contributed by atoms with Gasteiger partial charge in [0.05, 0.1) is 32.2 Å². The Labute approximate surface area is 249 Å².